The molecular formula is C25H24ClN3O. The van der Waals surface area contributed by atoms with Gasteiger partial charge in [-0.2, -0.15) is 0 Å². The van der Waals surface area contributed by atoms with Crippen LogP contribution >= 0.6 is 11.6 Å². The van der Waals surface area contributed by atoms with Crippen molar-refractivity contribution in [1.29, 1.82) is 0 Å². The fraction of sp³-hybridized carbons (Fsp3) is 0.160. The number of likely N-dealkylation sites (N-methyl/N-ethyl adjacent to an activating group) is 1. The first-order valence-electron chi connectivity index (χ1n) is 9.83. The molecule has 3 aromatic carbocycles. The number of nitrogens with zero attached hydrogens (tertiary/aromatic N) is 3. The Bertz CT molecular complexity index is 1140. The van der Waals surface area contributed by atoms with Crippen molar-refractivity contribution in [3.63, 3.8) is 0 Å². The summed E-state index contributed by atoms with van der Waals surface area (Å²) < 4.78 is 1.97. The average Bonchev–Trinajstić information content (AvgIpc) is 3.25. The average molecular weight is 418 g/mol. The Morgan fingerprint density at radius 2 is 1.73 bits per heavy atom. The van der Waals surface area contributed by atoms with Gasteiger partial charge in [-0.1, -0.05) is 66.2 Å². The highest BCUT2D eigenvalue weighted by Crippen LogP contribution is 2.31. The minimum absolute atomic E-state index is 0.359. The third kappa shape index (κ3) is 4.11. The highest BCUT2D eigenvalue weighted by atomic mass is 35.5. The standard InChI is InChI=1S/C25H24ClN3O/c1-25(30,18-28(2)21-12-8-11-20(26)17-21)24-27-15-16-29(24)23-14-7-6-13-22(23)19-9-4-3-5-10-19/h3-17,30H,18H2,1-2H3. The van der Waals surface area contributed by atoms with Gasteiger partial charge in [-0.15, -0.1) is 0 Å². The fourth-order valence-electron chi connectivity index (χ4n) is 3.78. The van der Waals surface area contributed by atoms with Gasteiger partial charge in [0.2, 0.25) is 0 Å². The van der Waals surface area contributed by atoms with Crippen molar-refractivity contribution in [3.05, 3.63) is 102 Å². The summed E-state index contributed by atoms with van der Waals surface area (Å²) in [5, 5.41) is 12.1. The molecular weight excluding hydrogens is 394 g/mol. The number of benzene rings is 3. The molecule has 0 amide bonds. The second-order valence-electron chi connectivity index (χ2n) is 7.61. The molecule has 5 heteroatoms. The van der Waals surface area contributed by atoms with Crippen molar-refractivity contribution >= 4 is 17.3 Å². The van der Waals surface area contributed by atoms with Crippen LogP contribution in [0.2, 0.25) is 5.02 Å². The maximum atomic E-state index is 11.4. The Morgan fingerprint density at radius 3 is 2.50 bits per heavy atom. The summed E-state index contributed by atoms with van der Waals surface area (Å²) in [5.41, 5.74) is 2.91. The first-order chi connectivity index (χ1) is 14.5. The molecule has 0 bridgehead atoms. The van der Waals surface area contributed by atoms with Gasteiger partial charge in [0.25, 0.3) is 0 Å². The second-order valence-corrected chi connectivity index (χ2v) is 8.05. The second kappa shape index (κ2) is 8.34. The van der Waals surface area contributed by atoms with E-state index in [0.29, 0.717) is 17.4 Å². The van der Waals surface area contributed by atoms with Crippen LogP contribution in [0, 0.1) is 0 Å². The minimum Gasteiger partial charge on any atom is -0.380 e. The number of aromatic nitrogens is 2. The summed E-state index contributed by atoms with van der Waals surface area (Å²) >= 11 is 6.13. The SMILES string of the molecule is CN(CC(C)(O)c1nccn1-c1ccccc1-c1ccccc1)c1cccc(Cl)c1. The van der Waals surface area contributed by atoms with Crippen molar-refractivity contribution in [3.8, 4) is 16.8 Å². The van der Waals surface area contributed by atoms with Gasteiger partial charge >= 0.3 is 0 Å². The van der Waals surface area contributed by atoms with Crippen LogP contribution in [0.4, 0.5) is 5.69 Å². The molecule has 0 aliphatic carbocycles. The lowest BCUT2D eigenvalue weighted by atomic mass is 10.0. The number of hydrogen-bond donors (Lipinski definition) is 1. The molecule has 0 fully saturated rings. The Morgan fingerprint density at radius 1 is 1.00 bits per heavy atom. The number of rotatable bonds is 6. The predicted octanol–water partition coefficient (Wildman–Crippen LogP) is 5.54. The summed E-state index contributed by atoms with van der Waals surface area (Å²) in [6.45, 7) is 2.15. The molecule has 4 aromatic rings. The van der Waals surface area contributed by atoms with Crippen LogP contribution in [-0.2, 0) is 5.60 Å². The van der Waals surface area contributed by atoms with E-state index in [4.69, 9.17) is 11.6 Å². The van der Waals surface area contributed by atoms with E-state index in [1.807, 2.05) is 83.4 Å². The van der Waals surface area contributed by atoms with Crippen molar-refractivity contribution in [1.82, 2.24) is 9.55 Å². The Labute approximate surface area is 182 Å². The third-order valence-electron chi connectivity index (χ3n) is 5.16. The molecule has 0 aliphatic rings. The zero-order chi connectivity index (χ0) is 21.1. The van der Waals surface area contributed by atoms with E-state index >= 15 is 0 Å². The molecule has 1 unspecified atom stereocenters. The van der Waals surface area contributed by atoms with Crippen LogP contribution in [-0.4, -0.2) is 28.3 Å². The van der Waals surface area contributed by atoms with Crippen LogP contribution in [0.15, 0.2) is 91.3 Å². The summed E-state index contributed by atoms with van der Waals surface area (Å²) in [5.74, 6) is 0.583. The molecule has 0 saturated carbocycles. The van der Waals surface area contributed by atoms with Gasteiger partial charge in [0.15, 0.2) is 0 Å². The highest BCUT2D eigenvalue weighted by molar-refractivity contribution is 6.30. The molecule has 0 saturated heterocycles. The lowest BCUT2D eigenvalue weighted by Crippen LogP contribution is -2.39. The zero-order valence-corrected chi connectivity index (χ0v) is 17.8. The maximum absolute atomic E-state index is 11.4. The van der Waals surface area contributed by atoms with E-state index in [1.54, 1.807) is 13.1 Å². The van der Waals surface area contributed by atoms with E-state index < -0.39 is 5.60 Å². The number of aliphatic hydroxyl groups is 1. The van der Waals surface area contributed by atoms with Crippen LogP contribution < -0.4 is 4.90 Å². The molecule has 4 nitrogen and oxygen atoms in total. The Hall–Kier alpha value is -3.08. The molecule has 152 valence electrons. The molecule has 4 rings (SSSR count). The van der Waals surface area contributed by atoms with Gasteiger partial charge in [-0.05, 0) is 36.8 Å². The molecule has 30 heavy (non-hydrogen) atoms. The third-order valence-corrected chi connectivity index (χ3v) is 5.40. The van der Waals surface area contributed by atoms with Crippen LogP contribution in [0.3, 0.4) is 0 Å². The maximum Gasteiger partial charge on any atom is 0.146 e. The molecule has 1 heterocycles. The van der Waals surface area contributed by atoms with Crippen molar-refractivity contribution in [2.24, 2.45) is 0 Å². The van der Waals surface area contributed by atoms with Gasteiger partial charge in [-0.3, -0.25) is 0 Å². The minimum atomic E-state index is -1.19. The topological polar surface area (TPSA) is 41.3 Å². The Kier molecular flexibility index (Phi) is 5.62. The molecule has 1 N–H and O–H groups in total. The van der Waals surface area contributed by atoms with Crippen molar-refractivity contribution in [2.45, 2.75) is 12.5 Å². The monoisotopic (exact) mass is 417 g/mol. The summed E-state index contributed by atoms with van der Waals surface area (Å²) in [4.78, 5) is 6.50. The summed E-state index contributed by atoms with van der Waals surface area (Å²) in [6.07, 6.45) is 3.62. The first kappa shape index (κ1) is 20.2. The molecule has 1 aromatic heterocycles. The zero-order valence-electron chi connectivity index (χ0n) is 17.0. The summed E-state index contributed by atoms with van der Waals surface area (Å²) in [6, 6.07) is 26.0. The number of para-hydroxylation sites is 1. The normalized spacial score (nSPS) is 13.1. The van der Waals surface area contributed by atoms with Gasteiger partial charge in [0, 0.05) is 35.7 Å². The van der Waals surface area contributed by atoms with Gasteiger partial charge in [0.05, 0.1) is 12.2 Å². The van der Waals surface area contributed by atoms with E-state index in [-0.39, 0.29) is 0 Å². The van der Waals surface area contributed by atoms with Gasteiger partial charge in [0.1, 0.15) is 11.4 Å². The number of imidazole rings is 1. The molecule has 0 aliphatic heterocycles. The molecule has 0 radical (unpaired) electrons. The van der Waals surface area contributed by atoms with Crippen LogP contribution in [0.5, 0.6) is 0 Å². The lowest BCUT2D eigenvalue weighted by molar-refractivity contribution is 0.0547. The van der Waals surface area contributed by atoms with Crippen molar-refractivity contribution in [2.75, 3.05) is 18.5 Å². The van der Waals surface area contributed by atoms with Crippen LogP contribution in [0.1, 0.15) is 12.7 Å². The predicted molar refractivity (Wildman–Crippen MR) is 123 cm³/mol. The van der Waals surface area contributed by atoms with Gasteiger partial charge < -0.3 is 14.6 Å². The van der Waals surface area contributed by atoms with Crippen molar-refractivity contribution < 1.29 is 5.11 Å². The molecule has 0 spiro atoms. The van der Waals surface area contributed by atoms with E-state index in [9.17, 15) is 5.11 Å². The Balaban J connectivity index is 1.70. The largest absolute Gasteiger partial charge is 0.380 e. The number of halogens is 1. The summed E-state index contributed by atoms with van der Waals surface area (Å²) in [7, 11) is 1.94. The molecule has 1 atom stereocenters. The first-order valence-corrected chi connectivity index (χ1v) is 10.2. The van der Waals surface area contributed by atoms with E-state index in [2.05, 4.69) is 23.2 Å². The van der Waals surface area contributed by atoms with E-state index in [0.717, 1.165) is 22.5 Å². The number of hydrogen-bond acceptors (Lipinski definition) is 3. The highest BCUT2D eigenvalue weighted by Gasteiger charge is 2.31. The number of anilines is 1. The quantitative estimate of drug-likeness (QED) is 0.448. The van der Waals surface area contributed by atoms with E-state index in [1.165, 1.54) is 0 Å². The lowest BCUT2D eigenvalue weighted by Gasteiger charge is -2.31. The van der Waals surface area contributed by atoms with Gasteiger partial charge in [-0.25, -0.2) is 4.98 Å². The van der Waals surface area contributed by atoms with Crippen LogP contribution in [0.25, 0.3) is 16.8 Å². The fourth-order valence-corrected chi connectivity index (χ4v) is 3.96. The smallest absolute Gasteiger partial charge is 0.146 e.